The van der Waals surface area contributed by atoms with Gasteiger partial charge in [0.15, 0.2) is 0 Å². The van der Waals surface area contributed by atoms with E-state index in [1.54, 1.807) is 0 Å². The van der Waals surface area contributed by atoms with Crippen LogP contribution in [0.1, 0.15) is 11.1 Å². The molecule has 0 aliphatic heterocycles. The first kappa shape index (κ1) is 15.0. The molecule has 0 N–H and O–H groups in total. The largest absolute Gasteiger partial charge is 0.252 e. The number of rotatable bonds is 1. The fourth-order valence-electron chi connectivity index (χ4n) is 3.78. The molecule has 1 heterocycles. The molecule has 0 aliphatic carbocycles. The predicted octanol–water partition coefficient (Wildman–Crippen LogP) is 6.22. The van der Waals surface area contributed by atoms with Crippen LogP contribution in [-0.2, 0) is 0 Å². The Balaban J connectivity index is 2.01. The molecule has 0 atom stereocenters. The molecule has 0 saturated carbocycles. The molecule has 0 aliphatic rings. The average molecular weight is 334 g/mol. The van der Waals surface area contributed by atoms with Crippen LogP contribution in [0.5, 0.6) is 0 Å². The molecular formula is C24H18N2. The van der Waals surface area contributed by atoms with Gasteiger partial charge in [0.05, 0.1) is 22.9 Å². The normalized spacial score (nSPS) is 11.5. The monoisotopic (exact) mass is 334 g/mol. The highest BCUT2D eigenvalue weighted by atomic mass is 14.8. The second kappa shape index (κ2) is 5.63. The van der Waals surface area contributed by atoms with Gasteiger partial charge in [-0.15, -0.1) is 0 Å². The fourth-order valence-corrected chi connectivity index (χ4v) is 3.78. The molecule has 26 heavy (non-hydrogen) atoms. The zero-order chi connectivity index (χ0) is 17.7. The highest BCUT2D eigenvalue weighted by Gasteiger charge is 2.14. The standard InChI is InChI=1S/C24H18N2/c1-15-12-13-19-18-10-6-7-11-20(18)23-24(22(19)16(15)2)26-21(14-25-23)17-8-4-3-5-9-17/h3-14H,1-2H3. The highest BCUT2D eigenvalue weighted by Crippen LogP contribution is 2.36. The summed E-state index contributed by atoms with van der Waals surface area (Å²) < 4.78 is 0. The van der Waals surface area contributed by atoms with E-state index in [2.05, 4.69) is 62.4 Å². The van der Waals surface area contributed by atoms with Gasteiger partial charge in [-0.05, 0) is 35.7 Å². The van der Waals surface area contributed by atoms with Gasteiger partial charge in [-0.3, -0.25) is 4.98 Å². The molecular weight excluding hydrogens is 316 g/mol. The van der Waals surface area contributed by atoms with Crippen LogP contribution in [0, 0.1) is 13.8 Å². The van der Waals surface area contributed by atoms with Crippen molar-refractivity contribution in [1.82, 2.24) is 9.97 Å². The van der Waals surface area contributed by atoms with Gasteiger partial charge < -0.3 is 0 Å². The van der Waals surface area contributed by atoms with E-state index in [0.717, 1.165) is 27.7 Å². The Hall–Kier alpha value is -3.26. The van der Waals surface area contributed by atoms with Crippen LogP contribution < -0.4 is 0 Å². The predicted molar refractivity (Wildman–Crippen MR) is 109 cm³/mol. The minimum Gasteiger partial charge on any atom is -0.252 e. The minimum atomic E-state index is 0.913. The first-order chi connectivity index (χ1) is 12.7. The van der Waals surface area contributed by atoms with Crippen molar-refractivity contribution in [2.75, 3.05) is 0 Å². The van der Waals surface area contributed by atoms with Gasteiger partial charge in [0, 0.05) is 16.3 Å². The van der Waals surface area contributed by atoms with Crippen molar-refractivity contribution in [1.29, 1.82) is 0 Å². The molecule has 0 spiro atoms. The van der Waals surface area contributed by atoms with Gasteiger partial charge in [-0.2, -0.15) is 0 Å². The summed E-state index contributed by atoms with van der Waals surface area (Å²) in [5.74, 6) is 0. The second-order valence-electron chi connectivity index (χ2n) is 6.79. The lowest BCUT2D eigenvalue weighted by atomic mass is 9.94. The summed E-state index contributed by atoms with van der Waals surface area (Å²) in [6.45, 7) is 4.34. The third-order valence-electron chi connectivity index (χ3n) is 5.29. The summed E-state index contributed by atoms with van der Waals surface area (Å²) in [6.07, 6.45) is 1.89. The lowest BCUT2D eigenvalue weighted by Gasteiger charge is -2.13. The maximum atomic E-state index is 5.06. The molecule has 0 amide bonds. The van der Waals surface area contributed by atoms with Crippen molar-refractivity contribution in [3.63, 3.8) is 0 Å². The van der Waals surface area contributed by atoms with E-state index in [1.165, 1.54) is 27.3 Å². The zero-order valence-electron chi connectivity index (χ0n) is 14.8. The summed E-state index contributed by atoms with van der Waals surface area (Å²) in [5, 5.41) is 4.85. The lowest BCUT2D eigenvalue weighted by Crippen LogP contribution is -1.94. The molecule has 0 fully saturated rings. The van der Waals surface area contributed by atoms with E-state index in [-0.39, 0.29) is 0 Å². The van der Waals surface area contributed by atoms with Crippen LogP contribution in [0.15, 0.2) is 72.9 Å². The maximum absolute atomic E-state index is 5.06. The van der Waals surface area contributed by atoms with E-state index in [9.17, 15) is 0 Å². The Bertz CT molecular complexity index is 1290. The van der Waals surface area contributed by atoms with E-state index in [1.807, 2.05) is 24.4 Å². The Kier molecular flexibility index (Phi) is 3.26. The molecule has 0 radical (unpaired) electrons. The van der Waals surface area contributed by atoms with Gasteiger partial charge in [0.25, 0.3) is 0 Å². The first-order valence-electron chi connectivity index (χ1n) is 8.87. The topological polar surface area (TPSA) is 25.8 Å². The average Bonchev–Trinajstić information content (AvgIpc) is 2.70. The summed E-state index contributed by atoms with van der Waals surface area (Å²) in [4.78, 5) is 9.91. The Morgan fingerprint density at radius 2 is 1.38 bits per heavy atom. The van der Waals surface area contributed by atoms with Crippen molar-refractivity contribution >= 4 is 32.6 Å². The fraction of sp³-hybridized carbons (Fsp3) is 0.0833. The Morgan fingerprint density at radius 1 is 0.654 bits per heavy atom. The third-order valence-corrected chi connectivity index (χ3v) is 5.29. The minimum absolute atomic E-state index is 0.913. The molecule has 0 unspecified atom stereocenters. The quantitative estimate of drug-likeness (QED) is 0.340. The summed E-state index contributed by atoms with van der Waals surface area (Å²) in [7, 11) is 0. The zero-order valence-corrected chi connectivity index (χ0v) is 14.8. The van der Waals surface area contributed by atoms with Crippen LogP contribution in [-0.4, -0.2) is 9.97 Å². The van der Waals surface area contributed by atoms with Gasteiger partial charge in [0.2, 0.25) is 0 Å². The molecule has 0 bridgehead atoms. The molecule has 2 heteroatoms. The number of fused-ring (bicyclic) bond motifs is 6. The molecule has 1 aromatic heterocycles. The van der Waals surface area contributed by atoms with E-state index in [0.29, 0.717) is 0 Å². The molecule has 5 rings (SSSR count). The Labute approximate surface area is 152 Å². The maximum Gasteiger partial charge on any atom is 0.0982 e. The van der Waals surface area contributed by atoms with E-state index < -0.39 is 0 Å². The highest BCUT2D eigenvalue weighted by molar-refractivity contribution is 6.24. The van der Waals surface area contributed by atoms with Crippen molar-refractivity contribution in [2.45, 2.75) is 13.8 Å². The van der Waals surface area contributed by atoms with Crippen LogP contribution in [0.4, 0.5) is 0 Å². The van der Waals surface area contributed by atoms with Crippen LogP contribution >= 0.6 is 0 Å². The molecule has 4 aromatic carbocycles. The van der Waals surface area contributed by atoms with E-state index in [4.69, 9.17) is 9.97 Å². The third kappa shape index (κ3) is 2.12. The molecule has 124 valence electrons. The number of nitrogens with zero attached hydrogens (tertiary/aromatic N) is 2. The molecule has 2 nitrogen and oxygen atoms in total. The van der Waals surface area contributed by atoms with Crippen molar-refractivity contribution in [3.8, 4) is 11.3 Å². The van der Waals surface area contributed by atoms with Gasteiger partial charge in [-0.1, -0.05) is 66.7 Å². The summed E-state index contributed by atoms with van der Waals surface area (Å²) in [5.41, 5.74) is 6.52. The number of hydrogen-bond acceptors (Lipinski definition) is 2. The van der Waals surface area contributed by atoms with Crippen LogP contribution in [0.3, 0.4) is 0 Å². The van der Waals surface area contributed by atoms with Gasteiger partial charge in [-0.25, -0.2) is 4.98 Å². The molecule has 0 saturated heterocycles. The van der Waals surface area contributed by atoms with Crippen molar-refractivity contribution in [3.05, 3.63) is 84.1 Å². The summed E-state index contributed by atoms with van der Waals surface area (Å²) in [6, 6.07) is 23.2. The SMILES string of the molecule is Cc1ccc2c3ccccc3c3ncc(-c4ccccc4)nc3c2c1C. The number of hydrogen-bond donors (Lipinski definition) is 0. The molecule has 5 aromatic rings. The van der Waals surface area contributed by atoms with Crippen molar-refractivity contribution in [2.24, 2.45) is 0 Å². The number of benzene rings is 4. The van der Waals surface area contributed by atoms with Crippen LogP contribution in [0.2, 0.25) is 0 Å². The number of aryl methyl sites for hydroxylation is 2. The van der Waals surface area contributed by atoms with Crippen LogP contribution in [0.25, 0.3) is 43.8 Å². The number of aromatic nitrogens is 2. The van der Waals surface area contributed by atoms with Gasteiger partial charge >= 0.3 is 0 Å². The Morgan fingerprint density at radius 3 is 2.19 bits per heavy atom. The van der Waals surface area contributed by atoms with Gasteiger partial charge in [0.1, 0.15) is 0 Å². The van der Waals surface area contributed by atoms with Crippen molar-refractivity contribution < 1.29 is 0 Å². The second-order valence-corrected chi connectivity index (χ2v) is 6.79. The first-order valence-corrected chi connectivity index (χ1v) is 8.87. The smallest absolute Gasteiger partial charge is 0.0982 e. The lowest BCUT2D eigenvalue weighted by molar-refractivity contribution is 1.30. The summed E-state index contributed by atoms with van der Waals surface area (Å²) >= 11 is 0. The van der Waals surface area contributed by atoms with E-state index >= 15 is 0 Å².